The molecule has 5 heteroatoms. The first kappa shape index (κ1) is 13.6. The standard InChI is InChI=1S/C15H23N3O2/c1-3-4-13-16-14(17-20-13)18-8-6-15(7-9-18)11-12(2)5-10-19-15/h11H,3-10H2,1-2H3. The Morgan fingerprint density at radius 1 is 1.35 bits per heavy atom. The molecule has 0 aromatic carbocycles. The molecule has 3 heterocycles. The second kappa shape index (κ2) is 5.56. The summed E-state index contributed by atoms with van der Waals surface area (Å²) in [6.45, 7) is 7.02. The van der Waals surface area contributed by atoms with Gasteiger partial charge in [0.1, 0.15) is 0 Å². The van der Waals surface area contributed by atoms with Crippen LogP contribution in [0.5, 0.6) is 0 Å². The molecule has 1 fully saturated rings. The first-order chi connectivity index (χ1) is 9.71. The number of rotatable bonds is 3. The van der Waals surface area contributed by atoms with E-state index in [1.165, 1.54) is 5.57 Å². The third-order valence-corrected chi connectivity index (χ3v) is 4.21. The number of hydrogen-bond donors (Lipinski definition) is 0. The molecule has 0 unspecified atom stereocenters. The summed E-state index contributed by atoms with van der Waals surface area (Å²) in [5, 5.41) is 4.09. The Labute approximate surface area is 120 Å². The van der Waals surface area contributed by atoms with Crippen molar-refractivity contribution in [2.75, 3.05) is 24.6 Å². The summed E-state index contributed by atoms with van der Waals surface area (Å²) in [5.74, 6) is 1.48. The molecule has 0 saturated carbocycles. The van der Waals surface area contributed by atoms with Crippen molar-refractivity contribution in [2.24, 2.45) is 0 Å². The summed E-state index contributed by atoms with van der Waals surface area (Å²) >= 11 is 0. The monoisotopic (exact) mass is 277 g/mol. The minimum absolute atomic E-state index is 0.0468. The minimum atomic E-state index is -0.0468. The highest BCUT2D eigenvalue weighted by molar-refractivity contribution is 5.30. The largest absolute Gasteiger partial charge is 0.370 e. The lowest BCUT2D eigenvalue weighted by atomic mass is 9.87. The van der Waals surface area contributed by atoms with Gasteiger partial charge in [-0.3, -0.25) is 0 Å². The van der Waals surface area contributed by atoms with Gasteiger partial charge in [0.25, 0.3) is 5.95 Å². The van der Waals surface area contributed by atoms with E-state index >= 15 is 0 Å². The van der Waals surface area contributed by atoms with E-state index < -0.39 is 0 Å². The summed E-state index contributed by atoms with van der Waals surface area (Å²) in [6.07, 6.45) is 7.28. The maximum atomic E-state index is 6.04. The molecule has 5 nitrogen and oxygen atoms in total. The number of nitrogens with zero attached hydrogens (tertiary/aromatic N) is 3. The van der Waals surface area contributed by atoms with Gasteiger partial charge in [-0.05, 0) is 37.8 Å². The zero-order valence-electron chi connectivity index (χ0n) is 12.4. The number of anilines is 1. The summed E-state index contributed by atoms with van der Waals surface area (Å²) in [5.41, 5.74) is 1.41. The first-order valence-electron chi connectivity index (χ1n) is 7.61. The lowest BCUT2D eigenvalue weighted by Crippen LogP contribution is -2.46. The Kier molecular flexibility index (Phi) is 3.78. The maximum absolute atomic E-state index is 6.04. The molecule has 20 heavy (non-hydrogen) atoms. The molecule has 110 valence electrons. The third-order valence-electron chi connectivity index (χ3n) is 4.21. The van der Waals surface area contributed by atoms with Gasteiger partial charge in [-0.2, -0.15) is 4.98 Å². The summed E-state index contributed by atoms with van der Waals surface area (Å²) in [4.78, 5) is 6.67. The SMILES string of the molecule is CCCc1nc(N2CCC3(C=C(C)CCO3)CC2)no1. The van der Waals surface area contributed by atoms with E-state index in [1.807, 2.05) is 0 Å². The van der Waals surface area contributed by atoms with Crippen LogP contribution >= 0.6 is 0 Å². The zero-order chi connectivity index (χ0) is 14.0. The highest BCUT2D eigenvalue weighted by Gasteiger charge is 2.36. The quantitative estimate of drug-likeness (QED) is 0.795. The van der Waals surface area contributed by atoms with Crippen molar-refractivity contribution in [3.05, 3.63) is 17.5 Å². The lowest BCUT2D eigenvalue weighted by molar-refractivity contribution is -0.0327. The van der Waals surface area contributed by atoms with Crippen LogP contribution < -0.4 is 4.90 Å². The average Bonchev–Trinajstić information content (AvgIpc) is 2.88. The zero-order valence-corrected chi connectivity index (χ0v) is 12.4. The van der Waals surface area contributed by atoms with Crippen molar-refractivity contribution in [1.29, 1.82) is 0 Å². The highest BCUT2D eigenvalue weighted by Crippen LogP contribution is 2.33. The molecule has 1 aromatic rings. The fourth-order valence-corrected chi connectivity index (χ4v) is 3.04. The van der Waals surface area contributed by atoms with E-state index in [4.69, 9.17) is 9.26 Å². The molecule has 1 spiro atoms. The summed E-state index contributed by atoms with van der Waals surface area (Å²) in [7, 11) is 0. The Bertz CT molecular complexity index is 487. The average molecular weight is 277 g/mol. The summed E-state index contributed by atoms with van der Waals surface area (Å²) in [6, 6.07) is 0. The molecule has 0 aliphatic carbocycles. The van der Waals surface area contributed by atoms with Gasteiger partial charge in [-0.25, -0.2) is 0 Å². The molecule has 2 aliphatic rings. The van der Waals surface area contributed by atoms with Gasteiger partial charge in [-0.15, -0.1) is 0 Å². The normalized spacial score (nSPS) is 22.1. The van der Waals surface area contributed by atoms with Crippen LogP contribution in [-0.4, -0.2) is 35.4 Å². The Hall–Kier alpha value is -1.36. The number of hydrogen-bond acceptors (Lipinski definition) is 5. The van der Waals surface area contributed by atoms with Crippen LogP contribution in [0.1, 0.15) is 45.4 Å². The molecular formula is C15H23N3O2. The van der Waals surface area contributed by atoms with Gasteiger partial charge in [-0.1, -0.05) is 18.6 Å². The van der Waals surface area contributed by atoms with E-state index in [0.29, 0.717) is 0 Å². The third kappa shape index (κ3) is 2.73. The Morgan fingerprint density at radius 3 is 2.85 bits per heavy atom. The molecule has 0 atom stereocenters. The van der Waals surface area contributed by atoms with Crippen molar-refractivity contribution < 1.29 is 9.26 Å². The molecule has 1 aromatic heterocycles. The minimum Gasteiger partial charge on any atom is -0.370 e. The van der Waals surface area contributed by atoms with Crippen LogP contribution in [0.3, 0.4) is 0 Å². The number of aromatic nitrogens is 2. The molecule has 1 saturated heterocycles. The fraction of sp³-hybridized carbons (Fsp3) is 0.733. The van der Waals surface area contributed by atoms with Gasteiger partial charge in [0.05, 0.1) is 12.2 Å². The maximum Gasteiger partial charge on any atom is 0.266 e. The highest BCUT2D eigenvalue weighted by atomic mass is 16.5. The van der Waals surface area contributed by atoms with Crippen LogP contribution in [0.2, 0.25) is 0 Å². The van der Waals surface area contributed by atoms with Crippen molar-refractivity contribution >= 4 is 5.95 Å². The van der Waals surface area contributed by atoms with E-state index in [2.05, 4.69) is 35.0 Å². The van der Waals surface area contributed by atoms with Gasteiger partial charge in [0.15, 0.2) is 0 Å². The smallest absolute Gasteiger partial charge is 0.266 e. The second-order valence-corrected chi connectivity index (χ2v) is 5.88. The molecule has 2 aliphatic heterocycles. The number of aryl methyl sites for hydroxylation is 1. The Balaban J connectivity index is 1.64. The van der Waals surface area contributed by atoms with Crippen molar-refractivity contribution in [1.82, 2.24) is 10.1 Å². The molecular weight excluding hydrogens is 254 g/mol. The molecule has 3 rings (SSSR count). The molecule has 0 bridgehead atoms. The van der Waals surface area contributed by atoms with E-state index in [1.54, 1.807) is 0 Å². The Morgan fingerprint density at radius 2 is 2.15 bits per heavy atom. The second-order valence-electron chi connectivity index (χ2n) is 5.88. The van der Waals surface area contributed by atoms with Gasteiger partial charge in [0, 0.05) is 19.5 Å². The lowest BCUT2D eigenvalue weighted by Gasteiger charge is -2.41. The first-order valence-corrected chi connectivity index (χ1v) is 7.61. The van der Waals surface area contributed by atoms with E-state index in [-0.39, 0.29) is 5.60 Å². The van der Waals surface area contributed by atoms with Crippen LogP contribution in [0, 0.1) is 0 Å². The van der Waals surface area contributed by atoms with Crippen LogP contribution in [0.4, 0.5) is 5.95 Å². The predicted octanol–water partition coefficient (Wildman–Crippen LogP) is 2.73. The van der Waals surface area contributed by atoms with Crippen molar-refractivity contribution in [3.63, 3.8) is 0 Å². The van der Waals surface area contributed by atoms with Gasteiger partial charge >= 0.3 is 0 Å². The van der Waals surface area contributed by atoms with Crippen molar-refractivity contribution in [3.8, 4) is 0 Å². The molecule has 0 N–H and O–H groups in total. The van der Waals surface area contributed by atoms with Crippen LogP contribution in [0.15, 0.2) is 16.2 Å². The number of ether oxygens (including phenoxy) is 1. The van der Waals surface area contributed by atoms with Gasteiger partial charge in [0.2, 0.25) is 5.89 Å². The topological polar surface area (TPSA) is 51.4 Å². The fourth-order valence-electron chi connectivity index (χ4n) is 3.04. The van der Waals surface area contributed by atoms with Crippen LogP contribution in [0.25, 0.3) is 0 Å². The van der Waals surface area contributed by atoms with Crippen molar-refractivity contribution in [2.45, 2.75) is 51.6 Å². The number of piperidine rings is 1. The molecule has 0 amide bonds. The molecule has 0 radical (unpaired) electrons. The van der Waals surface area contributed by atoms with Crippen LogP contribution in [-0.2, 0) is 11.2 Å². The van der Waals surface area contributed by atoms with Gasteiger partial charge < -0.3 is 14.2 Å². The predicted molar refractivity (Wildman–Crippen MR) is 76.8 cm³/mol. The van der Waals surface area contributed by atoms with E-state index in [0.717, 1.165) is 63.6 Å². The van der Waals surface area contributed by atoms with E-state index in [9.17, 15) is 0 Å². The summed E-state index contributed by atoms with van der Waals surface area (Å²) < 4.78 is 11.3.